The topological polar surface area (TPSA) is 49.8 Å². The van der Waals surface area contributed by atoms with Crippen LogP contribution in [0.1, 0.15) is 12.0 Å². The SMILES string of the molecule is Cc1ccc(SCCN2CCOC(CC(=O)O)C2)cc1. The monoisotopic (exact) mass is 295 g/mol. The molecule has 1 aromatic carbocycles. The molecule has 2 rings (SSSR count). The van der Waals surface area contributed by atoms with Crippen LogP contribution >= 0.6 is 11.8 Å². The summed E-state index contributed by atoms with van der Waals surface area (Å²) < 4.78 is 5.47. The van der Waals surface area contributed by atoms with Gasteiger partial charge in [-0.15, -0.1) is 11.8 Å². The number of hydrogen-bond donors (Lipinski definition) is 1. The zero-order valence-electron chi connectivity index (χ0n) is 11.7. The Hall–Kier alpha value is -1.04. The lowest BCUT2D eigenvalue weighted by Crippen LogP contribution is -2.44. The van der Waals surface area contributed by atoms with Crippen molar-refractivity contribution in [2.75, 3.05) is 32.0 Å². The lowest BCUT2D eigenvalue weighted by molar-refractivity contribution is -0.142. The van der Waals surface area contributed by atoms with Crippen molar-refractivity contribution in [3.05, 3.63) is 29.8 Å². The third-order valence-electron chi connectivity index (χ3n) is 3.32. The van der Waals surface area contributed by atoms with E-state index in [1.807, 2.05) is 11.8 Å². The van der Waals surface area contributed by atoms with Crippen LogP contribution in [0.25, 0.3) is 0 Å². The molecule has 1 atom stereocenters. The molecule has 0 saturated carbocycles. The summed E-state index contributed by atoms with van der Waals surface area (Å²) in [5.74, 6) is 0.230. The zero-order chi connectivity index (χ0) is 14.4. The molecule has 20 heavy (non-hydrogen) atoms. The first-order valence-corrected chi connectivity index (χ1v) is 7.87. The third-order valence-corrected chi connectivity index (χ3v) is 4.31. The van der Waals surface area contributed by atoms with E-state index >= 15 is 0 Å². The van der Waals surface area contributed by atoms with E-state index in [1.165, 1.54) is 10.5 Å². The molecular formula is C15H21NO3S. The maximum absolute atomic E-state index is 10.7. The molecule has 0 amide bonds. The summed E-state index contributed by atoms with van der Waals surface area (Å²) in [5.41, 5.74) is 1.28. The number of carboxylic acid groups (broad SMARTS) is 1. The standard InChI is InChI=1S/C15H21NO3S/c1-12-2-4-14(5-3-12)20-9-7-16-6-8-19-13(11-16)10-15(17)18/h2-5,13H,6-11H2,1H3,(H,17,18). The average Bonchev–Trinajstić information content (AvgIpc) is 2.41. The molecule has 0 aromatic heterocycles. The number of ether oxygens (including phenoxy) is 1. The van der Waals surface area contributed by atoms with Gasteiger partial charge < -0.3 is 9.84 Å². The Morgan fingerprint density at radius 1 is 1.45 bits per heavy atom. The van der Waals surface area contributed by atoms with E-state index in [9.17, 15) is 4.79 Å². The number of thioether (sulfide) groups is 1. The Balaban J connectivity index is 1.70. The first kappa shape index (κ1) is 15.4. The summed E-state index contributed by atoms with van der Waals surface area (Å²) in [5, 5.41) is 8.80. The molecule has 1 unspecified atom stereocenters. The van der Waals surface area contributed by atoms with Crippen molar-refractivity contribution >= 4 is 17.7 Å². The second kappa shape index (κ2) is 7.67. The van der Waals surface area contributed by atoms with Crippen LogP contribution in [-0.4, -0.2) is 54.1 Å². The van der Waals surface area contributed by atoms with Crippen LogP contribution in [0.5, 0.6) is 0 Å². The van der Waals surface area contributed by atoms with Gasteiger partial charge in [-0.25, -0.2) is 0 Å². The molecule has 1 aliphatic heterocycles. The molecule has 0 spiro atoms. The lowest BCUT2D eigenvalue weighted by atomic mass is 10.2. The summed E-state index contributed by atoms with van der Waals surface area (Å²) in [6.45, 7) is 5.31. The van der Waals surface area contributed by atoms with Crippen molar-refractivity contribution in [2.24, 2.45) is 0 Å². The number of aliphatic carboxylic acids is 1. The molecule has 5 heteroatoms. The van der Waals surface area contributed by atoms with Crippen LogP contribution in [0.3, 0.4) is 0 Å². The molecule has 1 aromatic rings. The van der Waals surface area contributed by atoms with Crippen molar-refractivity contribution in [2.45, 2.75) is 24.3 Å². The number of benzene rings is 1. The van der Waals surface area contributed by atoms with E-state index in [0.29, 0.717) is 6.61 Å². The van der Waals surface area contributed by atoms with Crippen LogP contribution in [-0.2, 0) is 9.53 Å². The minimum Gasteiger partial charge on any atom is -0.481 e. The third kappa shape index (κ3) is 5.15. The summed E-state index contributed by atoms with van der Waals surface area (Å²) in [4.78, 5) is 14.3. The maximum atomic E-state index is 10.7. The summed E-state index contributed by atoms with van der Waals surface area (Å²) in [7, 11) is 0. The predicted molar refractivity (Wildman–Crippen MR) is 80.3 cm³/mol. The number of carbonyl (C=O) groups is 1. The van der Waals surface area contributed by atoms with Gasteiger partial charge in [-0.1, -0.05) is 17.7 Å². The Labute approximate surface area is 124 Å². The van der Waals surface area contributed by atoms with Gasteiger partial charge in [0.1, 0.15) is 0 Å². The predicted octanol–water partition coefficient (Wildman–Crippen LogP) is 2.26. The molecule has 1 aliphatic rings. The number of aryl methyl sites for hydroxylation is 1. The molecule has 1 N–H and O–H groups in total. The average molecular weight is 295 g/mol. The fourth-order valence-electron chi connectivity index (χ4n) is 2.23. The van der Waals surface area contributed by atoms with E-state index < -0.39 is 5.97 Å². The minimum absolute atomic E-state index is 0.0988. The van der Waals surface area contributed by atoms with Crippen molar-refractivity contribution < 1.29 is 14.6 Å². The highest BCUT2D eigenvalue weighted by molar-refractivity contribution is 7.99. The number of morpholine rings is 1. The van der Waals surface area contributed by atoms with Gasteiger partial charge >= 0.3 is 5.97 Å². The smallest absolute Gasteiger partial charge is 0.306 e. The number of rotatable bonds is 6. The second-order valence-electron chi connectivity index (χ2n) is 5.05. The lowest BCUT2D eigenvalue weighted by Gasteiger charge is -2.32. The van der Waals surface area contributed by atoms with Crippen LogP contribution in [0.4, 0.5) is 0 Å². The Morgan fingerprint density at radius 2 is 2.20 bits per heavy atom. The summed E-state index contributed by atoms with van der Waals surface area (Å²) >= 11 is 1.84. The number of hydrogen-bond acceptors (Lipinski definition) is 4. The van der Waals surface area contributed by atoms with Gasteiger partial charge in [0.05, 0.1) is 19.1 Å². The maximum Gasteiger partial charge on any atom is 0.306 e. The van der Waals surface area contributed by atoms with Crippen molar-refractivity contribution in [1.82, 2.24) is 4.90 Å². The Kier molecular flexibility index (Phi) is 5.88. The van der Waals surface area contributed by atoms with E-state index in [0.717, 1.165) is 25.4 Å². The van der Waals surface area contributed by atoms with Gasteiger partial charge in [-0.3, -0.25) is 9.69 Å². The summed E-state index contributed by atoms with van der Waals surface area (Å²) in [6.07, 6.45) is -0.0626. The molecule has 110 valence electrons. The molecule has 0 bridgehead atoms. The van der Waals surface area contributed by atoms with Crippen molar-refractivity contribution in [1.29, 1.82) is 0 Å². The van der Waals surface area contributed by atoms with Gasteiger partial charge in [-0.05, 0) is 19.1 Å². The van der Waals surface area contributed by atoms with Gasteiger partial charge in [0.2, 0.25) is 0 Å². The molecule has 4 nitrogen and oxygen atoms in total. The first-order chi connectivity index (χ1) is 9.63. The van der Waals surface area contributed by atoms with E-state index in [-0.39, 0.29) is 12.5 Å². The molecule has 1 heterocycles. The molecule has 1 fully saturated rings. The number of carboxylic acids is 1. The largest absolute Gasteiger partial charge is 0.481 e. The summed E-state index contributed by atoms with van der Waals surface area (Å²) in [6, 6.07) is 8.54. The highest BCUT2D eigenvalue weighted by Crippen LogP contribution is 2.19. The second-order valence-corrected chi connectivity index (χ2v) is 6.22. The first-order valence-electron chi connectivity index (χ1n) is 6.89. The molecule has 0 aliphatic carbocycles. The van der Waals surface area contributed by atoms with E-state index in [4.69, 9.17) is 9.84 Å². The van der Waals surface area contributed by atoms with Crippen LogP contribution in [0.2, 0.25) is 0 Å². The van der Waals surface area contributed by atoms with Crippen molar-refractivity contribution in [3.63, 3.8) is 0 Å². The highest BCUT2D eigenvalue weighted by atomic mass is 32.2. The molecule has 0 radical (unpaired) electrons. The zero-order valence-corrected chi connectivity index (χ0v) is 12.6. The van der Waals surface area contributed by atoms with Gasteiger partial charge in [-0.2, -0.15) is 0 Å². The highest BCUT2D eigenvalue weighted by Gasteiger charge is 2.22. The quantitative estimate of drug-likeness (QED) is 0.816. The Bertz CT molecular complexity index is 435. The van der Waals surface area contributed by atoms with Gasteiger partial charge in [0.25, 0.3) is 0 Å². The van der Waals surface area contributed by atoms with Crippen LogP contribution < -0.4 is 0 Å². The number of nitrogens with zero attached hydrogens (tertiary/aromatic N) is 1. The fraction of sp³-hybridized carbons (Fsp3) is 0.533. The molecule has 1 saturated heterocycles. The fourth-order valence-corrected chi connectivity index (χ4v) is 3.14. The normalized spacial score (nSPS) is 19.9. The molecular weight excluding hydrogens is 274 g/mol. The van der Waals surface area contributed by atoms with E-state index in [2.05, 4.69) is 36.1 Å². The van der Waals surface area contributed by atoms with Crippen molar-refractivity contribution in [3.8, 4) is 0 Å². The Morgan fingerprint density at radius 3 is 2.90 bits per heavy atom. The minimum atomic E-state index is -0.786. The van der Waals surface area contributed by atoms with Gasteiger partial charge in [0, 0.05) is 30.3 Å². The van der Waals surface area contributed by atoms with Crippen LogP contribution in [0.15, 0.2) is 29.2 Å². The van der Waals surface area contributed by atoms with Gasteiger partial charge in [0.15, 0.2) is 0 Å². The van der Waals surface area contributed by atoms with Crippen LogP contribution in [0, 0.1) is 6.92 Å². The van der Waals surface area contributed by atoms with E-state index in [1.54, 1.807) is 0 Å².